The lowest BCUT2D eigenvalue weighted by atomic mass is 9.97. The van der Waals surface area contributed by atoms with E-state index in [0.717, 1.165) is 19.3 Å². The minimum atomic E-state index is -0.201. The van der Waals surface area contributed by atoms with Crippen LogP contribution in [0, 0.1) is 11.8 Å². The van der Waals surface area contributed by atoms with E-state index in [4.69, 9.17) is 4.74 Å². The van der Waals surface area contributed by atoms with E-state index in [1.807, 2.05) is 11.8 Å². The van der Waals surface area contributed by atoms with E-state index in [1.54, 1.807) is 0 Å². The van der Waals surface area contributed by atoms with E-state index < -0.39 is 0 Å². The van der Waals surface area contributed by atoms with Gasteiger partial charge in [0, 0.05) is 12.1 Å². The number of piperidine rings is 1. The molecule has 18 heavy (non-hydrogen) atoms. The number of esters is 1. The Morgan fingerprint density at radius 1 is 1.17 bits per heavy atom. The van der Waals surface area contributed by atoms with Gasteiger partial charge in [-0.05, 0) is 45.4 Å². The van der Waals surface area contributed by atoms with Crippen molar-refractivity contribution in [1.29, 1.82) is 0 Å². The van der Waals surface area contributed by atoms with E-state index in [9.17, 15) is 9.59 Å². The fourth-order valence-corrected chi connectivity index (χ4v) is 2.88. The number of carbonyl (C=O) groups is 2. The highest BCUT2D eigenvalue weighted by atomic mass is 16.5. The fourth-order valence-electron chi connectivity index (χ4n) is 2.88. The minimum Gasteiger partial charge on any atom is -0.455 e. The molecule has 4 heteroatoms. The van der Waals surface area contributed by atoms with Gasteiger partial charge in [0.2, 0.25) is 0 Å². The molecule has 0 unspecified atom stereocenters. The maximum Gasteiger partial charge on any atom is 0.309 e. The van der Waals surface area contributed by atoms with Crippen LogP contribution >= 0.6 is 0 Å². The van der Waals surface area contributed by atoms with Crippen molar-refractivity contribution < 1.29 is 14.3 Å². The Balaban J connectivity index is 1.81. The molecule has 1 saturated carbocycles. The first kappa shape index (κ1) is 13.4. The van der Waals surface area contributed by atoms with E-state index >= 15 is 0 Å². The third-order valence-electron chi connectivity index (χ3n) is 4.23. The lowest BCUT2D eigenvalue weighted by Crippen LogP contribution is -2.49. The molecule has 0 aromatic carbocycles. The predicted octanol–water partition coefficient (Wildman–Crippen LogP) is 1.98. The fraction of sp³-hybridized carbons (Fsp3) is 0.857. The first-order valence-corrected chi connectivity index (χ1v) is 6.98. The Morgan fingerprint density at radius 3 is 2.22 bits per heavy atom. The third kappa shape index (κ3) is 2.85. The van der Waals surface area contributed by atoms with Crippen LogP contribution in [0.15, 0.2) is 0 Å². The Morgan fingerprint density at radius 2 is 1.72 bits per heavy atom. The maximum atomic E-state index is 12.1. The van der Waals surface area contributed by atoms with Crippen LogP contribution in [0.1, 0.15) is 46.5 Å². The first-order valence-electron chi connectivity index (χ1n) is 6.98. The van der Waals surface area contributed by atoms with Crippen molar-refractivity contribution in [2.75, 3.05) is 6.61 Å². The van der Waals surface area contributed by atoms with Crippen LogP contribution in [0.4, 0.5) is 0 Å². The summed E-state index contributed by atoms with van der Waals surface area (Å²) in [5.74, 6) is 0.221. The number of hydrogen-bond acceptors (Lipinski definition) is 3. The van der Waals surface area contributed by atoms with Gasteiger partial charge in [-0.25, -0.2) is 0 Å². The van der Waals surface area contributed by atoms with E-state index in [-0.39, 0.29) is 36.5 Å². The summed E-state index contributed by atoms with van der Waals surface area (Å²) < 4.78 is 5.12. The average molecular weight is 253 g/mol. The normalized spacial score (nSPS) is 35.2. The van der Waals surface area contributed by atoms with Gasteiger partial charge in [0.25, 0.3) is 5.91 Å². The number of rotatable bonds is 3. The molecule has 0 bridgehead atoms. The molecule has 0 spiro atoms. The molecule has 1 heterocycles. The van der Waals surface area contributed by atoms with E-state index in [0.29, 0.717) is 5.92 Å². The summed E-state index contributed by atoms with van der Waals surface area (Å²) >= 11 is 0. The Hall–Kier alpha value is -1.06. The van der Waals surface area contributed by atoms with E-state index in [2.05, 4.69) is 13.8 Å². The number of amides is 1. The SMILES string of the molecule is C[C@H]1C[C@H]1C(=O)OCC(=O)N1[C@@H](C)CCC[C@@H]1C. The van der Waals surface area contributed by atoms with Gasteiger partial charge in [-0.2, -0.15) is 0 Å². The highest BCUT2D eigenvalue weighted by Crippen LogP contribution is 2.38. The zero-order valence-electron chi connectivity index (χ0n) is 11.5. The number of hydrogen-bond donors (Lipinski definition) is 0. The highest BCUT2D eigenvalue weighted by molar-refractivity contribution is 5.82. The van der Waals surface area contributed by atoms with Crippen LogP contribution in [-0.2, 0) is 14.3 Å². The van der Waals surface area contributed by atoms with Gasteiger partial charge in [-0.3, -0.25) is 9.59 Å². The van der Waals surface area contributed by atoms with Gasteiger partial charge in [-0.15, -0.1) is 0 Å². The number of likely N-dealkylation sites (tertiary alicyclic amines) is 1. The van der Waals surface area contributed by atoms with Gasteiger partial charge in [0.1, 0.15) is 0 Å². The van der Waals surface area contributed by atoms with Crippen molar-refractivity contribution in [1.82, 2.24) is 4.90 Å². The number of carbonyl (C=O) groups excluding carboxylic acids is 2. The molecule has 2 fully saturated rings. The Labute approximate surface area is 109 Å². The molecule has 0 radical (unpaired) electrons. The Bertz CT molecular complexity index is 332. The van der Waals surface area contributed by atoms with Crippen molar-refractivity contribution in [2.45, 2.75) is 58.5 Å². The summed E-state index contributed by atoms with van der Waals surface area (Å²) in [6.45, 7) is 6.08. The maximum absolute atomic E-state index is 12.1. The van der Waals surface area contributed by atoms with E-state index in [1.165, 1.54) is 6.42 Å². The van der Waals surface area contributed by atoms with Crippen LogP contribution < -0.4 is 0 Å². The largest absolute Gasteiger partial charge is 0.455 e. The van der Waals surface area contributed by atoms with Crippen molar-refractivity contribution in [3.8, 4) is 0 Å². The standard InChI is InChI=1S/C14H23NO3/c1-9-7-12(9)14(17)18-8-13(16)15-10(2)5-4-6-11(15)3/h9-12H,4-8H2,1-3H3/t9-,10-,11-,12+/m0/s1. The predicted molar refractivity (Wildman–Crippen MR) is 67.9 cm³/mol. The molecule has 1 aliphatic heterocycles. The smallest absolute Gasteiger partial charge is 0.309 e. The monoisotopic (exact) mass is 253 g/mol. The van der Waals surface area contributed by atoms with Crippen LogP contribution in [-0.4, -0.2) is 35.5 Å². The summed E-state index contributed by atoms with van der Waals surface area (Å²) in [6.07, 6.45) is 4.17. The summed E-state index contributed by atoms with van der Waals surface area (Å²) in [5, 5.41) is 0. The van der Waals surface area contributed by atoms with Crippen molar-refractivity contribution in [3.05, 3.63) is 0 Å². The molecule has 1 saturated heterocycles. The molecule has 4 atom stereocenters. The third-order valence-corrected chi connectivity index (χ3v) is 4.23. The molecule has 2 aliphatic rings. The summed E-state index contributed by atoms with van der Waals surface area (Å²) in [6, 6.07) is 0.527. The Kier molecular flexibility index (Phi) is 3.93. The lowest BCUT2D eigenvalue weighted by Gasteiger charge is -2.38. The zero-order valence-corrected chi connectivity index (χ0v) is 11.5. The summed E-state index contributed by atoms with van der Waals surface area (Å²) in [7, 11) is 0. The highest BCUT2D eigenvalue weighted by Gasteiger charge is 2.41. The molecule has 0 aromatic rings. The average Bonchev–Trinajstić information content (AvgIpc) is 3.03. The first-order chi connectivity index (χ1) is 8.50. The topological polar surface area (TPSA) is 46.6 Å². The molecule has 2 rings (SSSR count). The molecule has 0 N–H and O–H groups in total. The minimum absolute atomic E-state index is 0.0361. The van der Waals surface area contributed by atoms with Gasteiger partial charge in [0.15, 0.2) is 6.61 Å². The second-order valence-corrected chi connectivity index (χ2v) is 5.86. The van der Waals surface area contributed by atoms with Crippen molar-refractivity contribution in [3.63, 3.8) is 0 Å². The van der Waals surface area contributed by atoms with Gasteiger partial charge in [0.05, 0.1) is 5.92 Å². The number of nitrogens with zero attached hydrogens (tertiary/aromatic N) is 1. The van der Waals surface area contributed by atoms with Crippen LogP contribution in [0.5, 0.6) is 0 Å². The second-order valence-electron chi connectivity index (χ2n) is 5.86. The molecular weight excluding hydrogens is 230 g/mol. The van der Waals surface area contributed by atoms with Crippen molar-refractivity contribution >= 4 is 11.9 Å². The summed E-state index contributed by atoms with van der Waals surface area (Å²) in [4.78, 5) is 25.6. The van der Waals surface area contributed by atoms with Gasteiger partial charge in [-0.1, -0.05) is 6.92 Å². The van der Waals surface area contributed by atoms with Crippen LogP contribution in [0.2, 0.25) is 0 Å². The number of ether oxygens (including phenoxy) is 1. The molecular formula is C14H23NO3. The van der Waals surface area contributed by atoms with Crippen LogP contribution in [0.25, 0.3) is 0 Å². The quantitative estimate of drug-likeness (QED) is 0.722. The van der Waals surface area contributed by atoms with Gasteiger partial charge < -0.3 is 9.64 Å². The molecule has 102 valence electrons. The molecule has 1 aliphatic carbocycles. The summed E-state index contributed by atoms with van der Waals surface area (Å²) in [5.41, 5.74) is 0. The second kappa shape index (κ2) is 5.29. The molecule has 4 nitrogen and oxygen atoms in total. The zero-order chi connectivity index (χ0) is 13.3. The van der Waals surface area contributed by atoms with Crippen molar-refractivity contribution in [2.24, 2.45) is 11.8 Å². The van der Waals surface area contributed by atoms with Gasteiger partial charge >= 0.3 is 5.97 Å². The molecule has 1 amide bonds. The lowest BCUT2D eigenvalue weighted by molar-refractivity contribution is -0.156. The molecule has 0 aromatic heterocycles. The van der Waals surface area contributed by atoms with Crippen LogP contribution in [0.3, 0.4) is 0 Å².